The Hall–Kier alpha value is -1.50. The maximum atomic E-state index is 12.6. The van der Waals surface area contributed by atoms with Gasteiger partial charge in [-0.1, -0.05) is 0 Å². The van der Waals surface area contributed by atoms with Crippen molar-refractivity contribution in [2.75, 3.05) is 39.3 Å². The number of carbonyl (C=O) groups is 1. The maximum Gasteiger partial charge on any atom is 0.227 e. The van der Waals surface area contributed by atoms with Crippen LogP contribution in [-0.2, 0) is 11.3 Å². The van der Waals surface area contributed by atoms with Crippen LogP contribution in [0.25, 0.3) is 0 Å². The predicted octanol–water partition coefficient (Wildman–Crippen LogP) is 0.961. The van der Waals surface area contributed by atoms with E-state index in [9.17, 15) is 9.90 Å². The van der Waals surface area contributed by atoms with Gasteiger partial charge in [-0.05, 0) is 63.0 Å². The smallest absolute Gasteiger partial charge is 0.227 e. The third-order valence-electron chi connectivity index (χ3n) is 6.21. The fraction of sp³-hybridized carbons (Fsp3) is 0.700. The first kappa shape index (κ1) is 17.9. The summed E-state index contributed by atoms with van der Waals surface area (Å²) < 4.78 is 0. The second kappa shape index (κ2) is 8.03. The van der Waals surface area contributed by atoms with E-state index >= 15 is 0 Å². The van der Waals surface area contributed by atoms with Gasteiger partial charge < -0.3 is 10.0 Å². The van der Waals surface area contributed by atoms with Crippen molar-refractivity contribution in [3.63, 3.8) is 0 Å². The molecule has 3 fully saturated rings. The van der Waals surface area contributed by atoms with E-state index in [1.807, 2.05) is 17.3 Å². The van der Waals surface area contributed by atoms with Crippen LogP contribution in [-0.4, -0.2) is 82.1 Å². The van der Waals surface area contributed by atoms with Crippen LogP contribution in [0.2, 0.25) is 0 Å². The zero-order valence-electron chi connectivity index (χ0n) is 15.5. The minimum atomic E-state index is -0.302. The number of likely N-dealkylation sites (tertiary alicyclic amines) is 3. The fourth-order valence-corrected chi connectivity index (χ4v) is 4.62. The highest BCUT2D eigenvalue weighted by Crippen LogP contribution is 2.26. The number of amides is 1. The zero-order valence-corrected chi connectivity index (χ0v) is 15.5. The van der Waals surface area contributed by atoms with Crippen LogP contribution >= 0.6 is 0 Å². The van der Waals surface area contributed by atoms with Gasteiger partial charge in [-0.3, -0.25) is 19.6 Å². The summed E-state index contributed by atoms with van der Waals surface area (Å²) in [6.45, 7) is 6.35. The van der Waals surface area contributed by atoms with E-state index in [-0.39, 0.29) is 17.9 Å². The lowest BCUT2D eigenvalue weighted by molar-refractivity contribution is -0.148. The van der Waals surface area contributed by atoms with Gasteiger partial charge in [0.1, 0.15) is 0 Å². The van der Waals surface area contributed by atoms with Crippen molar-refractivity contribution in [2.24, 2.45) is 5.92 Å². The molecule has 4 heterocycles. The van der Waals surface area contributed by atoms with Crippen molar-refractivity contribution in [2.45, 2.75) is 44.4 Å². The minimum absolute atomic E-state index is 0.131. The van der Waals surface area contributed by atoms with Gasteiger partial charge in [-0.25, -0.2) is 0 Å². The number of rotatable bonds is 4. The number of hydrogen-bond acceptors (Lipinski definition) is 5. The van der Waals surface area contributed by atoms with Crippen LogP contribution in [0.4, 0.5) is 0 Å². The van der Waals surface area contributed by atoms with E-state index in [1.165, 1.54) is 18.4 Å². The standard InChI is InChI=1S/C20H30N4O2/c25-19-14-24(15-19)20(26)17-2-1-9-23(13-17)18-5-10-22(11-6-18)12-16-3-7-21-8-4-16/h3-4,7-8,17-19,25H,1-2,5-6,9-15H2/t17-/m1/s1. The summed E-state index contributed by atoms with van der Waals surface area (Å²) in [4.78, 5) is 23.6. The molecule has 1 aromatic heterocycles. The van der Waals surface area contributed by atoms with Crippen LogP contribution in [0.5, 0.6) is 0 Å². The summed E-state index contributed by atoms with van der Waals surface area (Å²) >= 11 is 0. The molecule has 26 heavy (non-hydrogen) atoms. The highest BCUT2D eigenvalue weighted by molar-refractivity contribution is 5.80. The molecule has 0 aliphatic carbocycles. The van der Waals surface area contributed by atoms with E-state index in [1.54, 1.807) is 0 Å². The molecule has 4 rings (SSSR count). The monoisotopic (exact) mass is 358 g/mol. The third kappa shape index (κ3) is 4.08. The highest BCUT2D eigenvalue weighted by Gasteiger charge is 2.37. The molecule has 1 atom stereocenters. The second-order valence-corrected chi connectivity index (χ2v) is 8.09. The molecule has 6 nitrogen and oxygen atoms in total. The molecule has 1 N–H and O–H groups in total. The van der Waals surface area contributed by atoms with E-state index in [2.05, 4.69) is 26.9 Å². The SMILES string of the molecule is O=C([C@@H]1CCCN(C2CCN(Cc3ccncc3)CC2)C1)N1CC(O)C1. The molecular weight excluding hydrogens is 328 g/mol. The number of pyridine rings is 1. The Labute approximate surface area is 155 Å². The van der Waals surface area contributed by atoms with Gasteiger partial charge >= 0.3 is 0 Å². The van der Waals surface area contributed by atoms with Crippen molar-refractivity contribution in [3.05, 3.63) is 30.1 Å². The Bertz CT molecular complexity index is 597. The lowest BCUT2D eigenvalue weighted by Gasteiger charge is -2.44. The molecule has 0 spiro atoms. The van der Waals surface area contributed by atoms with Crippen molar-refractivity contribution in [1.82, 2.24) is 19.7 Å². The molecule has 0 radical (unpaired) electrons. The molecule has 1 amide bonds. The van der Waals surface area contributed by atoms with Gasteiger partial charge in [-0.15, -0.1) is 0 Å². The van der Waals surface area contributed by atoms with Crippen molar-refractivity contribution >= 4 is 5.91 Å². The van der Waals surface area contributed by atoms with Gasteiger partial charge in [-0.2, -0.15) is 0 Å². The van der Waals surface area contributed by atoms with E-state index in [0.717, 1.165) is 45.6 Å². The minimum Gasteiger partial charge on any atom is -0.389 e. The summed E-state index contributed by atoms with van der Waals surface area (Å²) in [5.74, 6) is 0.390. The number of aromatic nitrogens is 1. The van der Waals surface area contributed by atoms with Gasteiger partial charge in [0.2, 0.25) is 5.91 Å². The highest BCUT2D eigenvalue weighted by atomic mass is 16.3. The van der Waals surface area contributed by atoms with Crippen LogP contribution in [0.15, 0.2) is 24.5 Å². The van der Waals surface area contributed by atoms with Crippen LogP contribution in [0.3, 0.4) is 0 Å². The Balaban J connectivity index is 1.25. The average Bonchev–Trinajstić information content (AvgIpc) is 2.66. The van der Waals surface area contributed by atoms with Crippen LogP contribution in [0.1, 0.15) is 31.2 Å². The average molecular weight is 358 g/mol. The van der Waals surface area contributed by atoms with Gasteiger partial charge in [0, 0.05) is 44.6 Å². The van der Waals surface area contributed by atoms with Crippen LogP contribution in [0, 0.1) is 5.92 Å². The maximum absolute atomic E-state index is 12.6. The molecule has 3 saturated heterocycles. The van der Waals surface area contributed by atoms with E-state index in [0.29, 0.717) is 19.1 Å². The fourth-order valence-electron chi connectivity index (χ4n) is 4.62. The van der Waals surface area contributed by atoms with Gasteiger partial charge in [0.25, 0.3) is 0 Å². The number of β-amino-alcohol motifs (C(OH)–C–C–N with tert-alkyl or cyclic N) is 1. The van der Waals surface area contributed by atoms with Gasteiger partial charge in [0.05, 0.1) is 12.0 Å². The lowest BCUT2D eigenvalue weighted by Crippen LogP contribution is -2.58. The number of nitrogens with zero attached hydrogens (tertiary/aromatic N) is 4. The Morgan fingerprint density at radius 3 is 2.50 bits per heavy atom. The summed E-state index contributed by atoms with van der Waals surface area (Å²) in [5, 5.41) is 9.44. The first-order valence-electron chi connectivity index (χ1n) is 10.0. The number of aliphatic hydroxyl groups excluding tert-OH is 1. The Morgan fingerprint density at radius 1 is 1.08 bits per heavy atom. The molecule has 3 aliphatic rings. The zero-order chi connectivity index (χ0) is 17.9. The molecular formula is C20H30N4O2. The Morgan fingerprint density at radius 2 is 1.81 bits per heavy atom. The summed E-state index contributed by atoms with van der Waals surface area (Å²) in [5.41, 5.74) is 1.33. The van der Waals surface area contributed by atoms with Crippen molar-refractivity contribution < 1.29 is 9.90 Å². The first-order chi connectivity index (χ1) is 12.7. The van der Waals surface area contributed by atoms with Gasteiger partial charge in [0.15, 0.2) is 0 Å². The molecule has 6 heteroatoms. The topological polar surface area (TPSA) is 59.9 Å². The summed E-state index contributed by atoms with van der Waals surface area (Å²) in [6.07, 6.45) is 7.92. The van der Waals surface area contributed by atoms with Crippen molar-refractivity contribution in [1.29, 1.82) is 0 Å². The molecule has 0 bridgehead atoms. The first-order valence-corrected chi connectivity index (χ1v) is 10.0. The molecule has 142 valence electrons. The summed E-state index contributed by atoms with van der Waals surface area (Å²) in [7, 11) is 0. The molecule has 0 unspecified atom stereocenters. The van der Waals surface area contributed by atoms with E-state index in [4.69, 9.17) is 0 Å². The summed E-state index contributed by atoms with van der Waals surface area (Å²) in [6, 6.07) is 4.81. The largest absolute Gasteiger partial charge is 0.389 e. The van der Waals surface area contributed by atoms with Crippen molar-refractivity contribution in [3.8, 4) is 0 Å². The van der Waals surface area contributed by atoms with E-state index < -0.39 is 0 Å². The number of piperidine rings is 2. The molecule has 3 aliphatic heterocycles. The second-order valence-electron chi connectivity index (χ2n) is 8.09. The number of aliphatic hydroxyl groups is 1. The van der Waals surface area contributed by atoms with Crippen LogP contribution < -0.4 is 0 Å². The lowest BCUT2D eigenvalue weighted by atomic mass is 9.92. The molecule has 1 aromatic rings. The Kier molecular flexibility index (Phi) is 5.52. The quantitative estimate of drug-likeness (QED) is 0.869. The third-order valence-corrected chi connectivity index (χ3v) is 6.21. The number of hydrogen-bond donors (Lipinski definition) is 1. The normalized spacial score (nSPS) is 26.7. The number of carbonyl (C=O) groups excluding carboxylic acids is 1. The predicted molar refractivity (Wildman–Crippen MR) is 99.4 cm³/mol. The molecule has 0 saturated carbocycles. The molecule has 0 aromatic carbocycles.